The summed E-state index contributed by atoms with van der Waals surface area (Å²) < 4.78 is 15.9. The lowest BCUT2D eigenvalue weighted by atomic mass is 10.1. The molecular formula is C18H29NO5. The van der Waals surface area contributed by atoms with E-state index in [-0.39, 0.29) is 5.69 Å². The first kappa shape index (κ1) is 20.4. The number of rotatable bonds is 13. The number of nitrogens with zero attached hydrogens (tertiary/aromatic N) is 1. The van der Waals surface area contributed by atoms with Crippen LogP contribution in [0.1, 0.15) is 51.0 Å². The predicted molar refractivity (Wildman–Crippen MR) is 93.5 cm³/mol. The van der Waals surface area contributed by atoms with Gasteiger partial charge in [0, 0.05) is 26.7 Å². The molecule has 0 aliphatic carbocycles. The van der Waals surface area contributed by atoms with Crippen molar-refractivity contribution in [1.29, 1.82) is 0 Å². The van der Waals surface area contributed by atoms with Crippen LogP contribution < -0.4 is 4.74 Å². The maximum absolute atomic E-state index is 11.3. The second kappa shape index (κ2) is 11.8. The molecule has 0 aromatic heterocycles. The quantitative estimate of drug-likeness (QED) is 0.229. The highest BCUT2D eigenvalue weighted by Crippen LogP contribution is 2.29. The normalized spacial score (nSPS) is 11.0. The van der Waals surface area contributed by atoms with Crippen LogP contribution in [0.5, 0.6) is 5.75 Å². The van der Waals surface area contributed by atoms with Crippen LogP contribution in [0.3, 0.4) is 0 Å². The van der Waals surface area contributed by atoms with Gasteiger partial charge in [-0.15, -0.1) is 0 Å². The standard InChI is InChI=1S/C18H29NO5/c1-4-5-6-7-8-9-12-24-17-11-10-15(13-16(17)19(20)21)14-18(22-2)23-3/h10-11,13,18H,4-9,12,14H2,1-3H3. The molecule has 0 N–H and O–H groups in total. The zero-order chi connectivity index (χ0) is 17.8. The van der Waals surface area contributed by atoms with E-state index in [1.165, 1.54) is 31.7 Å². The first-order valence-corrected chi connectivity index (χ1v) is 8.58. The third-order valence-electron chi connectivity index (χ3n) is 3.90. The molecule has 0 saturated heterocycles. The molecule has 0 bridgehead atoms. The Hall–Kier alpha value is -1.66. The molecular weight excluding hydrogens is 310 g/mol. The summed E-state index contributed by atoms with van der Waals surface area (Å²) in [5.74, 6) is 0.323. The second-order valence-electron chi connectivity index (χ2n) is 5.78. The molecule has 0 aliphatic heterocycles. The van der Waals surface area contributed by atoms with Gasteiger partial charge in [-0.3, -0.25) is 10.1 Å². The van der Waals surface area contributed by atoms with Crippen molar-refractivity contribution in [2.75, 3.05) is 20.8 Å². The lowest BCUT2D eigenvalue weighted by molar-refractivity contribution is -0.385. The highest BCUT2D eigenvalue weighted by Gasteiger charge is 2.17. The molecule has 6 heteroatoms. The van der Waals surface area contributed by atoms with E-state index in [2.05, 4.69) is 6.92 Å². The van der Waals surface area contributed by atoms with Gasteiger partial charge >= 0.3 is 5.69 Å². The summed E-state index contributed by atoms with van der Waals surface area (Å²) in [6, 6.07) is 5.00. The van der Waals surface area contributed by atoms with Crippen LogP contribution in [0.25, 0.3) is 0 Å². The van der Waals surface area contributed by atoms with Gasteiger partial charge in [0.2, 0.25) is 0 Å². The Labute approximate surface area is 144 Å². The van der Waals surface area contributed by atoms with Crippen molar-refractivity contribution < 1.29 is 19.1 Å². The summed E-state index contributed by atoms with van der Waals surface area (Å²) in [7, 11) is 3.08. The molecule has 0 amide bonds. The van der Waals surface area contributed by atoms with Crippen molar-refractivity contribution in [3.8, 4) is 5.75 Å². The van der Waals surface area contributed by atoms with E-state index in [0.29, 0.717) is 18.8 Å². The molecule has 0 saturated carbocycles. The second-order valence-corrected chi connectivity index (χ2v) is 5.78. The van der Waals surface area contributed by atoms with Crippen molar-refractivity contribution in [1.82, 2.24) is 0 Å². The molecule has 0 radical (unpaired) electrons. The smallest absolute Gasteiger partial charge is 0.311 e. The van der Waals surface area contributed by atoms with Crippen molar-refractivity contribution in [3.63, 3.8) is 0 Å². The molecule has 0 unspecified atom stereocenters. The van der Waals surface area contributed by atoms with E-state index in [0.717, 1.165) is 18.4 Å². The highest BCUT2D eigenvalue weighted by atomic mass is 16.7. The maximum atomic E-state index is 11.3. The largest absolute Gasteiger partial charge is 0.487 e. The van der Waals surface area contributed by atoms with Crippen LogP contribution in [-0.4, -0.2) is 32.0 Å². The number of ether oxygens (including phenoxy) is 3. The van der Waals surface area contributed by atoms with Crippen molar-refractivity contribution >= 4 is 5.69 Å². The van der Waals surface area contributed by atoms with Crippen molar-refractivity contribution in [3.05, 3.63) is 33.9 Å². The molecule has 0 spiro atoms. The third kappa shape index (κ3) is 7.27. The fourth-order valence-electron chi connectivity index (χ4n) is 2.47. The minimum absolute atomic E-state index is 0.00978. The van der Waals surface area contributed by atoms with Crippen molar-refractivity contribution in [2.24, 2.45) is 0 Å². The highest BCUT2D eigenvalue weighted by molar-refractivity contribution is 5.48. The fourth-order valence-corrected chi connectivity index (χ4v) is 2.47. The molecule has 1 aromatic carbocycles. The summed E-state index contributed by atoms with van der Waals surface area (Å²) in [4.78, 5) is 10.9. The number of benzene rings is 1. The first-order chi connectivity index (χ1) is 11.6. The molecule has 0 aliphatic rings. The zero-order valence-electron chi connectivity index (χ0n) is 15.0. The van der Waals surface area contributed by atoms with Crippen LogP contribution in [0, 0.1) is 10.1 Å². The number of hydrogen-bond donors (Lipinski definition) is 0. The number of unbranched alkanes of at least 4 members (excludes halogenated alkanes) is 5. The van der Waals surface area contributed by atoms with Gasteiger partial charge in [-0.25, -0.2) is 0 Å². The summed E-state index contributed by atoms with van der Waals surface area (Å²) in [5.41, 5.74) is 0.770. The molecule has 1 rings (SSSR count). The first-order valence-electron chi connectivity index (χ1n) is 8.58. The summed E-state index contributed by atoms with van der Waals surface area (Å²) in [5, 5.41) is 11.3. The zero-order valence-corrected chi connectivity index (χ0v) is 15.0. The number of methoxy groups -OCH3 is 2. The molecule has 0 fully saturated rings. The van der Waals surface area contributed by atoms with Gasteiger partial charge < -0.3 is 14.2 Å². The van der Waals surface area contributed by atoms with Crippen LogP contribution >= 0.6 is 0 Å². The molecule has 1 aromatic rings. The van der Waals surface area contributed by atoms with E-state index in [1.807, 2.05) is 6.07 Å². The van der Waals surface area contributed by atoms with E-state index >= 15 is 0 Å². The molecule has 0 atom stereocenters. The maximum Gasteiger partial charge on any atom is 0.311 e. The van der Waals surface area contributed by atoms with Crippen LogP contribution in [0.4, 0.5) is 5.69 Å². The average Bonchev–Trinajstić information content (AvgIpc) is 2.59. The SMILES string of the molecule is CCCCCCCCOc1ccc(CC(OC)OC)cc1[N+](=O)[O-]. The Morgan fingerprint density at radius 3 is 2.38 bits per heavy atom. The Morgan fingerprint density at radius 2 is 1.75 bits per heavy atom. The lowest BCUT2D eigenvalue weighted by Gasteiger charge is -2.14. The van der Waals surface area contributed by atoms with Gasteiger partial charge in [-0.1, -0.05) is 45.1 Å². The van der Waals surface area contributed by atoms with Crippen LogP contribution in [-0.2, 0) is 15.9 Å². The Balaban J connectivity index is 2.56. The lowest BCUT2D eigenvalue weighted by Crippen LogP contribution is -2.16. The van der Waals surface area contributed by atoms with Gasteiger partial charge in [0.1, 0.15) is 0 Å². The molecule has 136 valence electrons. The van der Waals surface area contributed by atoms with Gasteiger partial charge in [-0.2, -0.15) is 0 Å². The minimum Gasteiger partial charge on any atom is -0.487 e. The minimum atomic E-state index is -0.417. The Morgan fingerprint density at radius 1 is 1.08 bits per heavy atom. The summed E-state index contributed by atoms with van der Waals surface area (Å²) >= 11 is 0. The number of nitro benzene ring substituents is 1. The summed E-state index contributed by atoms with van der Waals surface area (Å²) in [6.45, 7) is 2.69. The molecule has 24 heavy (non-hydrogen) atoms. The number of hydrogen-bond acceptors (Lipinski definition) is 5. The third-order valence-corrected chi connectivity index (χ3v) is 3.90. The van der Waals surface area contributed by atoms with E-state index < -0.39 is 11.2 Å². The summed E-state index contributed by atoms with van der Waals surface area (Å²) in [6.07, 6.45) is 6.96. The van der Waals surface area contributed by atoms with E-state index in [4.69, 9.17) is 14.2 Å². The number of nitro groups is 1. The molecule has 6 nitrogen and oxygen atoms in total. The average molecular weight is 339 g/mol. The topological polar surface area (TPSA) is 70.8 Å². The van der Waals surface area contributed by atoms with Gasteiger partial charge in [0.25, 0.3) is 0 Å². The van der Waals surface area contributed by atoms with Gasteiger partial charge in [0.15, 0.2) is 12.0 Å². The van der Waals surface area contributed by atoms with Gasteiger partial charge in [-0.05, 0) is 18.1 Å². The van der Waals surface area contributed by atoms with Crippen LogP contribution in [0.15, 0.2) is 18.2 Å². The molecule has 0 heterocycles. The fraction of sp³-hybridized carbons (Fsp3) is 0.667. The van der Waals surface area contributed by atoms with E-state index in [1.54, 1.807) is 20.3 Å². The Kier molecular flexibility index (Phi) is 10.0. The Bertz CT molecular complexity index is 488. The predicted octanol–water partition coefficient (Wildman–Crippen LogP) is 4.50. The van der Waals surface area contributed by atoms with Crippen molar-refractivity contribution in [2.45, 2.75) is 58.2 Å². The van der Waals surface area contributed by atoms with Crippen LogP contribution in [0.2, 0.25) is 0 Å². The van der Waals surface area contributed by atoms with Gasteiger partial charge in [0.05, 0.1) is 11.5 Å². The monoisotopic (exact) mass is 339 g/mol. The van der Waals surface area contributed by atoms with E-state index in [9.17, 15) is 10.1 Å².